The van der Waals surface area contributed by atoms with Crippen LogP contribution >= 0.6 is 0 Å². The van der Waals surface area contributed by atoms with Crippen molar-refractivity contribution in [2.75, 3.05) is 19.0 Å². The number of para-hydroxylation sites is 1. The Kier molecular flexibility index (Phi) is 4.90. The van der Waals surface area contributed by atoms with Crippen LogP contribution in [-0.4, -0.2) is 28.7 Å². The van der Waals surface area contributed by atoms with Gasteiger partial charge in [0.2, 0.25) is 5.82 Å². The van der Waals surface area contributed by atoms with Gasteiger partial charge in [0.25, 0.3) is 0 Å². The molecule has 0 saturated heterocycles. The van der Waals surface area contributed by atoms with E-state index < -0.39 is 11.0 Å². The molecule has 0 aliphatic heterocycles. The number of aliphatic hydroxyl groups excluding tert-OH is 1. The molecule has 22 heavy (non-hydrogen) atoms. The van der Waals surface area contributed by atoms with Gasteiger partial charge < -0.3 is 15.2 Å². The fourth-order valence-electron chi connectivity index (χ4n) is 2.07. The highest BCUT2D eigenvalue weighted by Gasteiger charge is 2.18. The van der Waals surface area contributed by atoms with E-state index in [9.17, 15) is 15.2 Å². The van der Waals surface area contributed by atoms with Crippen LogP contribution in [0, 0.1) is 17.0 Å². The van der Waals surface area contributed by atoms with Gasteiger partial charge >= 0.3 is 5.69 Å². The summed E-state index contributed by atoms with van der Waals surface area (Å²) in [6.07, 6.45) is 0.656. The van der Waals surface area contributed by atoms with Gasteiger partial charge in [-0.3, -0.25) is 10.1 Å². The number of aryl methyl sites for hydroxylation is 1. The van der Waals surface area contributed by atoms with Crippen LogP contribution in [-0.2, 0) is 0 Å². The quantitative estimate of drug-likeness (QED) is 0.628. The number of methoxy groups -OCH3 is 1. The molecule has 1 unspecified atom stereocenters. The molecule has 116 valence electrons. The summed E-state index contributed by atoms with van der Waals surface area (Å²) in [4.78, 5) is 14.5. The SMILES string of the molecule is COc1ccccc1C(O)CNc1ncc(C)cc1[N+](=O)[O-]. The van der Waals surface area contributed by atoms with Crippen molar-refractivity contribution in [3.8, 4) is 5.75 Å². The Hall–Kier alpha value is -2.67. The number of aliphatic hydroxyl groups is 1. The van der Waals surface area contributed by atoms with Crippen LogP contribution in [0.4, 0.5) is 11.5 Å². The average molecular weight is 303 g/mol. The second-order valence-corrected chi connectivity index (χ2v) is 4.78. The van der Waals surface area contributed by atoms with Gasteiger partial charge in [-0.2, -0.15) is 0 Å². The first kappa shape index (κ1) is 15.7. The third kappa shape index (κ3) is 3.50. The van der Waals surface area contributed by atoms with Crippen molar-refractivity contribution >= 4 is 11.5 Å². The van der Waals surface area contributed by atoms with Gasteiger partial charge in [0, 0.05) is 24.4 Å². The molecular weight excluding hydrogens is 286 g/mol. The first-order valence-corrected chi connectivity index (χ1v) is 6.68. The molecule has 7 heteroatoms. The molecule has 1 heterocycles. The number of hydrogen-bond donors (Lipinski definition) is 2. The van der Waals surface area contributed by atoms with Crippen LogP contribution in [0.5, 0.6) is 5.75 Å². The number of nitrogens with one attached hydrogen (secondary N) is 1. The monoisotopic (exact) mass is 303 g/mol. The van der Waals surface area contributed by atoms with Crippen molar-refractivity contribution in [2.24, 2.45) is 0 Å². The summed E-state index contributed by atoms with van der Waals surface area (Å²) >= 11 is 0. The molecule has 0 radical (unpaired) electrons. The van der Waals surface area contributed by atoms with Gasteiger partial charge in [-0.1, -0.05) is 18.2 Å². The maximum Gasteiger partial charge on any atom is 0.311 e. The largest absolute Gasteiger partial charge is 0.496 e. The number of nitro groups is 1. The third-order valence-corrected chi connectivity index (χ3v) is 3.16. The zero-order valence-corrected chi connectivity index (χ0v) is 12.3. The lowest BCUT2D eigenvalue weighted by Crippen LogP contribution is -2.14. The molecule has 0 amide bonds. The van der Waals surface area contributed by atoms with Gasteiger partial charge in [0.1, 0.15) is 5.75 Å². The molecule has 0 saturated carbocycles. The molecule has 1 aromatic carbocycles. The van der Waals surface area contributed by atoms with Crippen LogP contribution < -0.4 is 10.1 Å². The lowest BCUT2D eigenvalue weighted by molar-refractivity contribution is -0.384. The zero-order valence-electron chi connectivity index (χ0n) is 12.3. The number of rotatable bonds is 6. The van der Waals surface area contributed by atoms with Gasteiger partial charge in [0.05, 0.1) is 18.1 Å². The Morgan fingerprint density at radius 1 is 1.45 bits per heavy atom. The normalized spacial score (nSPS) is 11.8. The number of nitrogens with zero attached hydrogens (tertiary/aromatic N) is 2. The molecule has 0 bridgehead atoms. The van der Waals surface area contributed by atoms with Crippen LogP contribution in [0.3, 0.4) is 0 Å². The summed E-state index contributed by atoms with van der Waals surface area (Å²) in [5.41, 5.74) is 1.18. The number of aromatic nitrogens is 1. The predicted octanol–water partition coefficient (Wildman–Crippen LogP) is 2.45. The Morgan fingerprint density at radius 3 is 2.86 bits per heavy atom. The number of ether oxygens (including phenoxy) is 1. The predicted molar refractivity (Wildman–Crippen MR) is 82.1 cm³/mol. The highest BCUT2D eigenvalue weighted by atomic mass is 16.6. The summed E-state index contributed by atoms with van der Waals surface area (Å²) in [5, 5.41) is 24.1. The summed E-state index contributed by atoms with van der Waals surface area (Å²) in [7, 11) is 1.52. The number of hydrogen-bond acceptors (Lipinski definition) is 6. The minimum atomic E-state index is -0.876. The summed E-state index contributed by atoms with van der Waals surface area (Å²) in [6.45, 7) is 1.81. The van der Waals surface area contributed by atoms with E-state index in [1.165, 1.54) is 19.4 Å². The molecule has 1 atom stereocenters. The standard InChI is InChI=1S/C15H17N3O4/c1-10-7-12(18(20)21)15(16-8-10)17-9-13(19)11-5-3-4-6-14(11)22-2/h3-8,13,19H,9H2,1-2H3,(H,16,17). The molecule has 1 aromatic heterocycles. The van der Waals surface area contributed by atoms with Crippen molar-refractivity contribution in [1.82, 2.24) is 4.98 Å². The molecule has 2 rings (SSSR count). The minimum Gasteiger partial charge on any atom is -0.496 e. The molecular formula is C15H17N3O4. The topological polar surface area (TPSA) is 97.5 Å². The Labute approximate surface area is 127 Å². The Balaban J connectivity index is 2.14. The fraction of sp³-hybridized carbons (Fsp3) is 0.267. The summed E-state index contributed by atoms with van der Waals surface area (Å²) in [5.74, 6) is 0.688. The smallest absolute Gasteiger partial charge is 0.311 e. The zero-order chi connectivity index (χ0) is 16.1. The van der Waals surface area contributed by atoms with Crippen LogP contribution in [0.2, 0.25) is 0 Å². The maximum absolute atomic E-state index is 11.0. The molecule has 2 N–H and O–H groups in total. The Morgan fingerprint density at radius 2 is 2.18 bits per heavy atom. The highest BCUT2D eigenvalue weighted by Crippen LogP contribution is 2.27. The van der Waals surface area contributed by atoms with Crippen LogP contribution in [0.1, 0.15) is 17.2 Å². The van der Waals surface area contributed by atoms with E-state index in [-0.39, 0.29) is 18.1 Å². The highest BCUT2D eigenvalue weighted by molar-refractivity contribution is 5.56. The van der Waals surface area contributed by atoms with E-state index in [0.29, 0.717) is 16.9 Å². The number of benzene rings is 1. The minimum absolute atomic E-state index is 0.0806. The van der Waals surface area contributed by atoms with Crippen LogP contribution in [0.25, 0.3) is 0 Å². The van der Waals surface area contributed by atoms with Crippen molar-refractivity contribution < 1.29 is 14.8 Å². The van der Waals surface area contributed by atoms with Crippen molar-refractivity contribution in [1.29, 1.82) is 0 Å². The van der Waals surface area contributed by atoms with Crippen molar-refractivity contribution in [2.45, 2.75) is 13.0 Å². The third-order valence-electron chi connectivity index (χ3n) is 3.16. The lowest BCUT2D eigenvalue weighted by Gasteiger charge is -2.15. The van der Waals surface area contributed by atoms with E-state index in [4.69, 9.17) is 4.74 Å². The molecule has 7 nitrogen and oxygen atoms in total. The van der Waals surface area contributed by atoms with Gasteiger partial charge in [-0.05, 0) is 18.6 Å². The van der Waals surface area contributed by atoms with Crippen molar-refractivity contribution in [3.63, 3.8) is 0 Å². The molecule has 0 aliphatic carbocycles. The average Bonchev–Trinajstić information content (AvgIpc) is 2.53. The van der Waals surface area contributed by atoms with Gasteiger partial charge in [-0.15, -0.1) is 0 Å². The first-order valence-electron chi connectivity index (χ1n) is 6.68. The lowest BCUT2D eigenvalue weighted by atomic mass is 10.1. The summed E-state index contributed by atoms with van der Waals surface area (Å²) < 4.78 is 5.18. The molecule has 0 spiro atoms. The first-order chi connectivity index (χ1) is 10.5. The Bertz CT molecular complexity index is 676. The second kappa shape index (κ2) is 6.86. The number of anilines is 1. The van der Waals surface area contributed by atoms with E-state index in [2.05, 4.69) is 10.3 Å². The summed E-state index contributed by atoms with van der Waals surface area (Å²) in [6, 6.07) is 8.50. The van der Waals surface area contributed by atoms with E-state index in [1.54, 1.807) is 31.2 Å². The maximum atomic E-state index is 11.0. The molecule has 0 aliphatic rings. The fourth-order valence-corrected chi connectivity index (χ4v) is 2.07. The number of pyridine rings is 1. The molecule has 0 fully saturated rings. The van der Waals surface area contributed by atoms with Gasteiger partial charge in [-0.25, -0.2) is 4.98 Å². The van der Waals surface area contributed by atoms with E-state index in [1.807, 2.05) is 0 Å². The van der Waals surface area contributed by atoms with Crippen molar-refractivity contribution in [3.05, 3.63) is 57.8 Å². The second-order valence-electron chi connectivity index (χ2n) is 4.78. The molecule has 2 aromatic rings. The van der Waals surface area contributed by atoms with Gasteiger partial charge in [0.15, 0.2) is 0 Å². The van der Waals surface area contributed by atoms with E-state index >= 15 is 0 Å². The van der Waals surface area contributed by atoms with E-state index in [0.717, 1.165) is 0 Å². The van der Waals surface area contributed by atoms with Crippen LogP contribution in [0.15, 0.2) is 36.5 Å².